The molecule has 0 aliphatic carbocycles. The predicted octanol–water partition coefficient (Wildman–Crippen LogP) is 2.47. The van der Waals surface area contributed by atoms with Crippen molar-refractivity contribution in [1.82, 2.24) is 24.2 Å². The van der Waals surface area contributed by atoms with E-state index in [4.69, 9.17) is 0 Å². The molecule has 0 unspecified atom stereocenters. The molecule has 1 saturated heterocycles. The number of hydrogen-bond donors (Lipinski definition) is 0. The summed E-state index contributed by atoms with van der Waals surface area (Å²) in [5.41, 5.74) is 3.41. The summed E-state index contributed by atoms with van der Waals surface area (Å²) in [7, 11) is 1.97. The van der Waals surface area contributed by atoms with E-state index in [2.05, 4.69) is 39.6 Å². The van der Waals surface area contributed by atoms with Crippen molar-refractivity contribution in [1.29, 1.82) is 0 Å². The summed E-state index contributed by atoms with van der Waals surface area (Å²) in [5, 5.41) is 4.44. The van der Waals surface area contributed by atoms with Gasteiger partial charge in [0.25, 0.3) is 0 Å². The van der Waals surface area contributed by atoms with Gasteiger partial charge >= 0.3 is 0 Å². The van der Waals surface area contributed by atoms with Gasteiger partial charge in [0.05, 0.1) is 23.9 Å². The molecule has 2 aromatic heterocycles. The molecule has 3 rings (SSSR count). The zero-order valence-corrected chi connectivity index (χ0v) is 13.3. The van der Waals surface area contributed by atoms with Crippen LogP contribution in [0, 0.1) is 6.92 Å². The Kier molecular flexibility index (Phi) is 4.10. The second-order valence-electron chi connectivity index (χ2n) is 6.18. The van der Waals surface area contributed by atoms with Crippen molar-refractivity contribution < 1.29 is 0 Å². The zero-order valence-electron chi connectivity index (χ0n) is 13.3. The highest BCUT2D eigenvalue weighted by Crippen LogP contribution is 2.23. The van der Waals surface area contributed by atoms with E-state index < -0.39 is 0 Å². The van der Waals surface area contributed by atoms with Gasteiger partial charge in [0.1, 0.15) is 0 Å². The van der Waals surface area contributed by atoms with Crippen LogP contribution >= 0.6 is 0 Å². The highest BCUT2D eigenvalue weighted by Gasteiger charge is 2.19. The van der Waals surface area contributed by atoms with E-state index in [0.29, 0.717) is 6.04 Å². The molecule has 1 aliphatic rings. The molecule has 1 atom stereocenters. The Labute approximate surface area is 126 Å². The van der Waals surface area contributed by atoms with Gasteiger partial charge in [-0.2, -0.15) is 5.10 Å². The number of aromatic nitrogens is 4. The van der Waals surface area contributed by atoms with E-state index in [0.717, 1.165) is 12.2 Å². The normalized spacial score (nSPS) is 18.0. The number of hydrogen-bond acceptors (Lipinski definition) is 3. The third-order valence-corrected chi connectivity index (χ3v) is 4.48. The van der Waals surface area contributed by atoms with Gasteiger partial charge in [0, 0.05) is 31.4 Å². The lowest BCUT2D eigenvalue weighted by Crippen LogP contribution is -2.39. The third kappa shape index (κ3) is 3.02. The second kappa shape index (κ2) is 6.02. The fraction of sp³-hybridized carbons (Fsp3) is 0.625. The van der Waals surface area contributed by atoms with Gasteiger partial charge in [-0.15, -0.1) is 0 Å². The number of imidazole rings is 1. The molecule has 0 spiro atoms. The van der Waals surface area contributed by atoms with Crippen LogP contribution in [0.3, 0.4) is 0 Å². The van der Waals surface area contributed by atoms with Crippen molar-refractivity contribution in [2.75, 3.05) is 13.1 Å². The van der Waals surface area contributed by atoms with Crippen LogP contribution < -0.4 is 0 Å². The van der Waals surface area contributed by atoms with Gasteiger partial charge in [-0.25, -0.2) is 4.98 Å². The lowest BCUT2D eigenvalue weighted by atomic mass is 10.1. The fourth-order valence-electron chi connectivity index (χ4n) is 3.30. The van der Waals surface area contributed by atoms with Crippen molar-refractivity contribution in [3.05, 3.63) is 24.4 Å². The second-order valence-corrected chi connectivity index (χ2v) is 6.18. The number of rotatable bonds is 4. The van der Waals surface area contributed by atoms with Crippen molar-refractivity contribution in [2.24, 2.45) is 7.05 Å². The molecular formula is C16H25N5. The summed E-state index contributed by atoms with van der Waals surface area (Å²) >= 11 is 0. The highest BCUT2D eigenvalue weighted by molar-refractivity contribution is 5.60. The average Bonchev–Trinajstić information content (AvgIpc) is 3.05. The number of piperidine rings is 1. The van der Waals surface area contributed by atoms with Crippen LogP contribution in [0.5, 0.6) is 0 Å². The molecule has 0 radical (unpaired) electrons. The van der Waals surface area contributed by atoms with Crippen LogP contribution in [-0.4, -0.2) is 43.4 Å². The Hall–Kier alpha value is -1.62. The van der Waals surface area contributed by atoms with Crippen molar-refractivity contribution in [2.45, 2.75) is 45.7 Å². The maximum atomic E-state index is 4.44. The van der Waals surface area contributed by atoms with Crippen molar-refractivity contribution in [3.8, 4) is 11.3 Å². The Bertz CT molecular complexity index is 592. The maximum Gasteiger partial charge on any atom is 0.0951 e. The molecule has 0 saturated carbocycles. The van der Waals surface area contributed by atoms with Gasteiger partial charge in [0.2, 0.25) is 0 Å². The fourth-order valence-corrected chi connectivity index (χ4v) is 3.30. The SMILES string of the molecule is Cc1nn(C)cc1-c1cncn1C[C@@H](C)N1CCCCC1. The lowest BCUT2D eigenvalue weighted by molar-refractivity contribution is 0.160. The molecule has 5 nitrogen and oxygen atoms in total. The minimum atomic E-state index is 0.551. The van der Waals surface area contributed by atoms with E-state index in [-0.39, 0.29) is 0 Å². The highest BCUT2D eigenvalue weighted by atomic mass is 15.3. The number of aryl methyl sites for hydroxylation is 2. The first kappa shape index (κ1) is 14.3. The van der Waals surface area contributed by atoms with E-state index in [9.17, 15) is 0 Å². The van der Waals surface area contributed by atoms with E-state index in [1.165, 1.54) is 43.6 Å². The molecule has 1 fully saturated rings. The number of nitrogens with zero attached hydrogens (tertiary/aromatic N) is 5. The van der Waals surface area contributed by atoms with Crippen LogP contribution in [0.1, 0.15) is 31.9 Å². The molecule has 0 N–H and O–H groups in total. The molecule has 1 aliphatic heterocycles. The molecule has 0 bridgehead atoms. The van der Waals surface area contributed by atoms with Gasteiger partial charge in [0.15, 0.2) is 0 Å². The van der Waals surface area contributed by atoms with E-state index in [1.54, 1.807) is 0 Å². The molecule has 0 amide bonds. The van der Waals surface area contributed by atoms with Crippen molar-refractivity contribution in [3.63, 3.8) is 0 Å². The first-order valence-electron chi connectivity index (χ1n) is 7.90. The molecule has 5 heteroatoms. The molecule has 21 heavy (non-hydrogen) atoms. The van der Waals surface area contributed by atoms with Crippen molar-refractivity contribution >= 4 is 0 Å². The monoisotopic (exact) mass is 287 g/mol. The first-order chi connectivity index (χ1) is 10.1. The Balaban J connectivity index is 1.77. The van der Waals surface area contributed by atoms with E-state index in [1.807, 2.05) is 24.3 Å². The van der Waals surface area contributed by atoms with E-state index >= 15 is 0 Å². The average molecular weight is 287 g/mol. The van der Waals surface area contributed by atoms with Gasteiger partial charge in [-0.1, -0.05) is 6.42 Å². The smallest absolute Gasteiger partial charge is 0.0951 e. The maximum absolute atomic E-state index is 4.44. The molecule has 3 heterocycles. The molecular weight excluding hydrogens is 262 g/mol. The summed E-state index contributed by atoms with van der Waals surface area (Å²) in [6, 6.07) is 0.551. The van der Waals surface area contributed by atoms with Gasteiger partial charge in [-0.05, 0) is 39.8 Å². The Morgan fingerprint density at radius 3 is 2.67 bits per heavy atom. The third-order valence-electron chi connectivity index (χ3n) is 4.48. The van der Waals surface area contributed by atoms with Crippen LogP contribution in [0.25, 0.3) is 11.3 Å². The summed E-state index contributed by atoms with van der Waals surface area (Å²) in [4.78, 5) is 6.96. The van der Waals surface area contributed by atoms with Crippen LogP contribution in [0.15, 0.2) is 18.7 Å². The standard InChI is InChI=1S/C16H25N5/c1-13(20-7-5-4-6-8-20)10-21-12-17-9-16(21)15-11-19(3)18-14(15)2/h9,11-13H,4-8,10H2,1-3H3/t13-/m1/s1. The summed E-state index contributed by atoms with van der Waals surface area (Å²) in [6.45, 7) is 7.84. The minimum absolute atomic E-state index is 0.551. The first-order valence-corrected chi connectivity index (χ1v) is 7.90. The topological polar surface area (TPSA) is 38.9 Å². The molecule has 0 aromatic carbocycles. The van der Waals surface area contributed by atoms with Gasteiger partial charge < -0.3 is 4.57 Å². The Morgan fingerprint density at radius 2 is 2.00 bits per heavy atom. The quantitative estimate of drug-likeness (QED) is 0.867. The van der Waals surface area contributed by atoms with Gasteiger partial charge in [-0.3, -0.25) is 9.58 Å². The minimum Gasteiger partial charge on any atom is -0.329 e. The predicted molar refractivity (Wildman–Crippen MR) is 84.1 cm³/mol. The zero-order chi connectivity index (χ0) is 14.8. The Morgan fingerprint density at radius 1 is 1.24 bits per heavy atom. The van der Waals surface area contributed by atoms with Crippen LogP contribution in [0.4, 0.5) is 0 Å². The van der Waals surface area contributed by atoms with Crippen LogP contribution in [-0.2, 0) is 13.6 Å². The summed E-state index contributed by atoms with van der Waals surface area (Å²) in [5.74, 6) is 0. The lowest BCUT2D eigenvalue weighted by Gasteiger charge is -2.32. The summed E-state index contributed by atoms with van der Waals surface area (Å²) in [6.07, 6.45) is 10.0. The van der Waals surface area contributed by atoms with Crippen LogP contribution in [0.2, 0.25) is 0 Å². The largest absolute Gasteiger partial charge is 0.329 e. The molecule has 2 aromatic rings. The summed E-state index contributed by atoms with van der Waals surface area (Å²) < 4.78 is 4.14. The number of likely N-dealkylation sites (tertiary alicyclic amines) is 1. The molecule has 114 valence electrons.